The molecule has 70 valence electrons. The van der Waals surface area contributed by atoms with Crippen LogP contribution in [0.15, 0.2) is 0 Å². The Morgan fingerprint density at radius 1 is 1.00 bits per heavy atom. The van der Waals surface area contributed by atoms with Crippen molar-refractivity contribution in [2.75, 3.05) is 6.54 Å². The van der Waals surface area contributed by atoms with Crippen LogP contribution in [0.25, 0.3) is 4.85 Å². The lowest BCUT2D eigenvalue weighted by molar-refractivity contribution is -0.0426. The average Bonchev–Trinajstić information content (AvgIpc) is 2.00. The highest BCUT2D eigenvalue weighted by Gasteiger charge is 2.52. The fourth-order valence-corrected chi connectivity index (χ4v) is 4.65. The third-order valence-electron chi connectivity index (χ3n) is 4.58. The predicted octanol–water partition coefficient (Wildman–Crippen LogP) is 3.12. The highest BCUT2D eigenvalue weighted by Crippen LogP contribution is 2.59. The zero-order valence-electron chi connectivity index (χ0n) is 8.13. The van der Waals surface area contributed by atoms with Gasteiger partial charge < -0.3 is 4.85 Å². The molecular formula is C12H17N. The van der Waals surface area contributed by atoms with Gasteiger partial charge in [0.1, 0.15) is 0 Å². The van der Waals surface area contributed by atoms with Gasteiger partial charge in [-0.25, -0.2) is 6.57 Å². The molecule has 1 nitrogen and oxygen atoms in total. The van der Waals surface area contributed by atoms with E-state index in [1.165, 1.54) is 38.5 Å². The molecule has 0 aromatic rings. The predicted molar refractivity (Wildman–Crippen MR) is 52.1 cm³/mol. The molecule has 4 bridgehead atoms. The Morgan fingerprint density at radius 2 is 1.46 bits per heavy atom. The van der Waals surface area contributed by atoms with Gasteiger partial charge in [-0.1, -0.05) is 0 Å². The van der Waals surface area contributed by atoms with Crippen LogP contribution in [0, 0.1) is 29.7 Å². The molecule has 0 aromatic carbocycles. The molecule has 4 rings (SSSR count). The van der Waals surface area contributed by atoms with Gasteiger partial charge in [0, 0.05) is 5.41 Å². The summed E-state index contributed by atoms with van der Waals surface area (Å²) in [5.41, 5.74) is 0.497. The van der Waals surface area contributed by atoms with Crippen molar-refractivity contribution in [3.8, 4) is 0 Å². The first kappa shape index (κ1) is 7.85. The minimum atomic E-state index is 0.497. The van der Waals surface area contributed by atoms with E-state index >= 15 is 0 Å². The second kappa shape index (κ2) is 2.50. The van der Waals surface area contributed by atoms with Crippen LogP contribution in [-0.2, 0) is 0 Å². The first-order valence-electron chi connectivity index (χ1n) is 5.63. The summed E-state index contributed by atoms with van der Waals surface area (Å²) >= 11 is 0. The van der Waals surface area contributed by atoms with Crippen LogP contribution in [0.5, 0.6) is 0 Å². The van der Waals surface area contributed by atoms with Gasteiger partial charge in [-0.05, 0) is 56.3 Å². The van der Waals surface area contributed by atoms with Crippen molar-refractivity contribution in [3.05, 3.63) is 11.4 Å². The van der Waals surface area contributed by atoms with Crippen LogP contribution in [-0.4, -0.2) is 6.54 Å². The van der Waals surface area contributed by atoms with E-state index in [4.69, 9.17) is 6.57 Å². The lowest BCUT2D eigenvalue weighted by Gasteiger charge is -2.54. The molecule has 0 spiro atoms. The maximum atomic E-state index is 7.06. The molecule has 4 fully saturated rings. The van der Waals surface area contributed by atoms with Crippen molar-refractivity contribution in [1.82, 2.24) is 0 Å². The molecule has 0 aliphatic heterocycles. The quantitative estimate of drug-likeness (QED) is 0.539. The van der Waals surface area contributed by atoms with E-state index in [0.29, 0.717) is 5.41 Å². The van der Waals surface area contributed by atoms with E-state index in [-0.39, 0.29) is 0 Å². The molecule has 4 saturated carbocycles. The zero-order valence-corrected chi connectivity index (χ0v) is 8.13. The maximum absolute atomic E-state index is 7.06. The third kappa shape index (κ3) is 1.11. The van der Waals surface area contributed by atoms with E-state index in [2.05, 4.69) is 4.85 Å². The van der Waals surface area contributed by atoms with Gasteiger partial charge >= 0.3 is 0 Å². The van der Waals surface area contributed by atoms with Gasteiger partial charge in [0.2, 0.25) is 6.54 Å². The summed E-state index contributed by atoms with van der Waals surface area (Å²) < 4.78 is 0. The number of rotatable bonds is 1. The van der Waals surface area contributed by atoms with E-state index in [1.54, 1.807) is 0 Å². The van der Waals surface area contributed by atoms with E-state index in [9.17, 15) is 0 Å². The lowest BCUT2D eigenvalue weighted by Crippen LogP contribution is -2.47. The van der Waals surface area contributed by atoms with Crippen LogP contribution < -0.4 is 0 Å². The summed E-state index contributed by atoms with van der Waals surface area (Å²) in [4.78, 5) is 3.68. The molecule has 0 N–H and O–H groups in total. The third-order valence-corrected chi connectivity index (χ3v) is 4.58. The normalized spacial score (nSPS) is 52.1. The molecule has 0 amide bonds. The first-order valence-corrected chi connectivity index (χ1v) is 5.63. The molecule has 0 radical (unpaired) electrons. The zero-order chi connectivity index (χ0) is 8.89. The average molecular weight is 175 g/mol. The Balaban J connectivity index is 1.88. The standard InChI is InChI=1S/C12H17N/c1-13-8-12-5-9-2-10(6-12)4-11(3-9)7-12/h9-11H,2-8H2. The fourth-order valence-electron chi connectivity index (χ4n) is 4.65. The van der Waals surface area contributed by atoms with E-state index < -0.39 is 0 Å². The maximum Gasteiger partial charge on any atom is 0.220 e. The molecule has 4 aliphatic rings. The second-order valence-corrected chi connectivity index (χ2v) is 5.73. The van der Waals surface area contributed by atoms with Crippen molar-refractivity contribution < 1.29 is 0 Å². The van der Waals surface area contributed by atoms with Crippen LogP contribution in [0.2, 0.25) is 0 Å². The van der Waals surface area contributed by atoms with Crippen molar-refractivity contribution in [2.24, 2.45) is 23.2 Å². The summed E-state index contributed by atoms with van der Waals surface area (Å²) in [7, 11) is 0. The second-order valence-electron chi connectivity index (χ2n) is 5.73. The van der Waals surface area contributed by atoms with E-state index in [0.717, 1.165) is 24.3 Å². The molecule has 13 heavy (non-hydrogen) atoms. The van der Waals surface area contributed by atoms with Gasteiger partial charge in [0.25, 0.3) is 0 Å². The summed E-state index contributed by atoms with van der Waals surface area (Å²) in [6.45, 7) is 7.89. The molecule has 1 heteroatoms. The summed E-state index contributed by atoms with van der Waals surface area (Å²) in [5.74, 6) is 3.02. The van der Waals surface area contributed by atoms with Crippen LogP contribution in [0.4, 0.5) is 0 Å². The Bertz CT molecular complexity index is 226. The molecule has 0 unspecified atom stereocenters. The van der Waals surface area contributed by atoms with E-state index in [1.807, 2.05) is 0 Å². The summed E-state index contributed by atoms with van der Waals surface area (Å²) in [5, 5.41) is 0. The largest absolute Gasteiger partial charge is 0.316 e. The first-order chi connectivity index (χ1) is 6.30. The number of hydrogen-bond donors (Lipinski definition) is 0. The molecule has 0 atom stereocenters. The van der Waals surface area contributed by atoms with Crippen LogP contribution in [0.1, 0.15) is 38.5 Å². The highest BCUT2D eigenvalue weighted by atomic mass is 14.7. The smallest absolute Gasteiger partial charge is 0.220 e. The monoisotopic (exact) mass is 175 g/mol. The number of hydrogen-bond acceptors (Lipinski definition) is 0. The molecule has 0 heterocycles. The van der Waals surface area contributed by atoms with Gasteiger partial charge in [-0.2, -0.15) is 0 Å². The Labute approximate surface area is 80.3 Å². The summed E-state index contributed by atoms with van der Waals surface area (Å²) in [6.07, 6.45) is 8.66. The Kier molecular flexibility index (Phi) is 1.51. The molecule has 4 aliphatic carbocycles. The SMILES string of the molecule is [C-]#[N+]CC12CC3CC(CC(C3)C1)C2. The van der Waals surface area contributed by atoms with Crippen molar-refractivity contribution >= 4 is 0 Å². The highest BCUT2D eigenvalue weighted by molar-refractivity contribution is 5.03. The molecule has 0 aromatic heterocycles. The van der Waals surface area contributed by atoms with Crippen molar-refractivity contribution in [3.63, 3.8) is 0 Å². The Morgan fingerprint density at radius 3 is 1.85 bits per heavy atom. The topological polar surface area (TPSA) is 4.36 Å². The number of nitrogens with zero attached hydrogens (tertiary/aromatic N) is 1. The summed E-state index contributed by atoms with van der Waals surface area (Å²) in [6, 6.07) is 0. The van der Waals surface area contributed by atoms with Crippen LogP contribution >= 0.6 is 0 Å². The van der Waals surface area contributed by atoms with Gasteiger partial charge in [0.15, 0.2) is 0 Å². The minimum absolute atomic E-state index is 0.497. The van der Waals surface area contributed by atoms with Gasteiger partial charge in [-0.3, -0.25) is 0 Å². The van der Waals surface area contributed by atoms with Crippen molar-refractivity contribution in [1.29, 1.82) is 0 Å². The van der Waals surface area contributed by atoms with Crippen LogP contribution in [0.3, 0.4) is 0 Å². The fraction of sp³-hybridized carbons (Fsp3) is 0.917. The van der Waals surface area contributed by atoms with Gasteiger partial charge in [0.05, 0.1) is 0 Å². The lowest BCUT2D eigenvalue weighted by atomic mass is 9.49. The Hall–Kier alpha value is -0.510. The molecular weight excluding hydrogens is 158 g/mol. The van der Waals surface area contributed by atoms with Gasteiger partial charge in [-0.15, -0.1) is 0 Å². The van der Waals surface area contributed by atoms with Crippen molar-refractivity contribution in [2.45, 2.75) is 38.5 Å². The molecule has 0 saturated heterocycles. The minimum Gasteiger partial charge on any atom is -0.316 e.